The number of amides is 2. The van der Waals surface area contributed by atoms with Crippen LogP contribution in [-0.2, 0) is 32.6 Å². The van der Waals surface area contributed by atoms with Gasteiger partial charge in [0, 0.05) is 12.6 Å². The maximum Gasteiger partial charge on any atom is 0.264 e. The molecule has 1 aliphatic rings. The van der Waals surface area contributed by atoms with Gasteiger partial charge in [0.25, 0.3) is 10.0 Å². The third-order valence-corrected chi connectivity index (χ3v) is 10.1. The van der Waals surface area contributed by atoms with Gasteiger partial charge in [-0.3, -0.25) is 13.9 Å². The fraction of sp³-hybridized carbons (Fsp3) is 0.429. The average Bonchev–Trinajstić information content (AvgIpc) is 3.04. The van der Waals surface area contributed by atoms with Gasteiger partial charge in [0.05, 0.1) is 17.7 Å². The predicted molar refractivity (Wildman–Crippen MR) is 174 cm³/mol. The lowest BCUT2D eigenvalue weighted by Crippen LogP contribution is -2.54. The third-order valence-electron chi connectivity index (χ3n) is 8.35. The minimum atomic E-state index is -4.13. The van der Waals surface area contributed by atoms with Crippen molar-refractivity contribution in [2.45, 2.75) is 89.2 Å². The van der Waals surface area contributed by atoms with Crippen molar-refractivity contribution in [1.29, 1.82) is 0 Å². The number of carbonyl (C=O) groups is 2. The largest absolute Gasteiger partial charge is 0.497 e. The first-order valence-electron chi connectivity index (χ1n) is 15.6. The van der Waals surface area contributed by atoms with E-state index in [0.717, 1.165) is 48.8 Å². The monoisotopic (exact) mass is 619 g/mol. The van der Waals surface area contributed by atoms with Gasteiger partial charge in [-0.1, -0.05) is 81.1 Å². The molecule has 236 valence electrons. The molecule has 0 aliphatic heterocycles. The van der Waals surface area contributed by atoms with Gasteiger partial charge in [0.2, 0.25) is 11.8 Å². The zero-order valence-corrected chi connectivity index (χ0v) is 27.1. The maximum absolute atomic E-state index is 14.4. The highest BCUT2D eigenvalue weighted by Crippen LogP contribution is 2.29. The second-order valence-electron chi connectivity index (χ2n) is 11.4. The van der Waals surface area contributed by atoms with E-state index < -0.39 is 28.5 Å². The molecular weight excluding hydrogens is 574 g/mol. The lowest BCUT2D eigenvalue weighted by atomic mass is 9.95. The van der Waals surface area contributed by atoms with Gasteiger partial charge in [0.1, 0.15) is 18.3 Å². The van der Waals surface area contributed by atoms with Crippen molar-refractivity contribution in [3.63, 3.8) is 0 Å². The Balaban J connectivity index is 1.74. The molecule has 0 aromatic heterocycles. The Morgan fingerprint density at radius 3 is 2.32 bits per heavy atom. The van der Waals surface area contributed by atoms with Crippen molar-refractivity contribution in [1.82, 2.24) is 10.2 Å². The number of ether oxygens (including phenoxy) is 1. The van der Waals surface area contributed by atoms with Crippen LogP contribution < -0.4 is 14.4 Å². The van der Waals surface area contributed by atoms with Crippen molar-refractivity contribution in [3.05, 3.63) is 89.5 Å². The number of carbonyl (C=O) groups excluding carboxylic acids is 2. The number of benzene rings is 3. The van der Waals surface area contributed by atoms with E-state index in [1.165, 1.54) is 9.21 Å². The number of sulfonamides is 1. The number of nitrogens with one attached hydrogen (secondary N) is 1. The van der Waals surface area contributed by atoms with E-state index in [-0.39, 0.29) is 23.4 Å². The highest BCUT2D eigenvalue weighted by Gasteiger charge is 2.35. The molecule has 8 nitrogen and oxygen atoms in total. The number of rotatable bonds is 13. The van der Waals surface area contributed by atoms with Crippen LogP contribution in [0.15, 0.2) is 77.7 Å². The average molecular weight is 620 g/mol. The highest BCUT2D eigenvalue weighted by molar-refractivity contribution is 7.92. The molecule has 3 aromatic rings. The molecule has 9 heteroatoms. The van der Waals surface area contributed by atoms with Gasteiger partial charge in [-0.05, 0) is 74.1 Å². The van der Waals surface area contributed by atoms with Crippen molar-refractivity contribution in [2.75, 3.05) is 18.0 Å². The molecular formula is C35H45N3O5S. The van der Waals surface area contributed by atoms with Crippen molar-refractivity contribution in [3.8, 4) is 5.75 Å². The molecule has 2 amide bonds. The van der Waals surface area contributed by atoms with E-state index in [4.69, 9.17) is 4.74 Å². The molecule has 1 fully saturated rings. The molecule has 1 N–H and O–H groups in total. The first kappa shape index (κ1) is 33.1. The standard InChI is InChI=1S/C35H45N3O5S/c1-5-28-14-10-11-18-33(28)38(44(41,42)31-21-19-26(3)20-22-31)25-34(39)37(24-27-13-12-17-30(23-27)43-4)32(6-2)35(40)36-29-15-8-7-9-16-29/h10-14,17-23,29,32H,5-9,15-16,24-25H2,1-4H3,(H,36,40). The predicted octanol–water partition coefficient (Wildman–Crippen LogP) is 6.02. The molecule has 1 unspecified atom stereocenters. The van der Waals surface area contributed by atoms with Crippen LogP contribution >= 0.6 is 0 Å². The summed E-state index contributed by atoms with van der Waals surface area (Å²) in [5.74, 6) is -0.0346. The SMILES string of the molecule is CCc1ccccc1N(CC(=O)N(Cc1cccc(OC)c1)C(CC)C(=O)NC1CCCCC1)S(=O)(=O)c1ccc(C)cc1. The van der Waals surface area contributed by atoms with Crippen LogP contribution in [0.2, 0.25) is 0 Å². The fourth-order valence-electron chi connectivity index (χ4n) is 5.84. The zero-order chi connectivity index (χ0) is 31.7. The molecule has 0 radical (unpaired) electrons. The second-order valence-corrected chi connectivity index (χ2v) is 13.3. The number of para-hydroxylation sites is 1. The van der Waals surface area contributed by atoms with Crippen molar-refractivity contribution in [2.24, 2.45) is 0 Å². The first-order valence-corrected chi connectivity index (χ1v) is 17.0. The van der Waals surface area contributed by atoms with Gasteiger partial charge in [-0.25, -0.2) is 8.42 Å². The van der Waals surface area contributed by atoms with Gasteiger partial charge in [0.15, 0.2) is 0 Å². The lowest BCUT2D eigenvalue weighted by Gasteiger charge is -2.35. The van der Waals surface area contributed by atoms with Crippen molar-refractivity contribution < 1.29 is 22.7 Å². The molecule has 0 heterocycles. The Bertz CT molecular complexity index is 1520. The molecule has 44 heavy (non-hydrogen) atoms. The third kappa shape index (κ3) is 8.00. The highest BCUT2D eigenvalue weighted by atomic mass is 32.2. The number of hydrogen-bond donors (Lipinski definition) is 1. The summed E-state index contributed by atoms with van der Waals surface area (Å²) in [5.41, 5.74) is 2.96. The summed E-state index contributed by atoms with van der Waals surface area (Å²) in [7, 11) is -2.55. The van der Waals surface area contributed by atoms with Crippen LogP contribution in [0, 0.1) is 6.92 Å². The zero-order valence-electron chi connectivity index (χ0n) is 26.3. The smallest absolute Gasteiger partial charge is 0.264 e. The van der Waals surface area contributed by atoms with E-state index in [1.807, 2.05) is 57.2 Å². The van der Waals surface area contributed by atoms with E-state index in [0.29, 0.717) is 24.3 Å². The number of methoxy groups -OCH3 is 1. The van der Waals surface area contributed by atoms with Crippen LogP contribution in [0.5, 0.6) is 5.75 Å². The molecule has 4 rings (SSSR count). The van der Waals surface area contributed by atoms with Gasteiger partial charge in [-0.15, -0.1) is 0 Å². The van der Waals surface area contributed by atoms with Crippen LogP contribution in [0.3, 0.4) is 0 Å². The summed E-state index contributed by atoms with van der Waals surface area (Å²) in [6, 6.07) is 20.5. The summed E-state index contributed by atoms with van der Waals surface area (Å²) < 4.78 is 35.0. The molecule has 1 atom stereocenters. The topological polar surface area (TPSA) is 96.0 Å². The number of anilines is 1. The Labute approximate surface area is 262 Å². The summed E-state index contributed by atoms with van der Waals surface area (Å²) >= 11 is 0. The second kappa shape index (κ2) is 15.2. The molecule has 3 aromatic carbocycles. The van der Waals surface area contributed by atoms with Gasteiger partial charge in [-0.2, -0.15) is 0 Å². The summed E-state index contributed by atoms with van der Waals surface area (Å²) in [6.45, 7) is 5.40. The van der Waals surface area contributed by atoms with Crippen molar-refractivity contribution >= 4 is 27.5 Å². The molecule has 0 spiro atoms. The lowest BCUT2D eigenvalue weighted by molar-refractivity contribution is -0.140. The summed E-state index contributed by atoms with van der Waals surface area (Å²) in [5, 5.41) is 3.19. The van der Waals surface area contributed by atoms with E-state index >= 15 is 0 Å². The Kier molecular flexibility index (Phi) is 11.4. The summed E-state index contributed by atoms with van der Waals surface area (Å²) in [6.07, 6.45) is 6.09. The number of nitrogens with zero attached hydrogens (tertiary/aromatic N) is 2. The minimum absolute atomic E-state index is 0.0777. The molecule has 0 bridgehead atoms. The number of hydrogen-bond acceptors (Lipinski definition) is 5. The fourth-order valence-corrected chi connectivity index (χ4v) is 7.29. The van der Waals surface area contributed by atoms with Crippen LogP contribution in [0.1, 0.15) is 69.1 Å². The van der Waals surface area contributed by atoms with E-state index in [9.17, 15) is 18.0 Å². The molecule has 0 saturated heterocycles. The van der Waals surface area contributed by atoms with Gasteiger partial charge >= 0.3 is 0 Å². The minimum Gasteiger partial charge on any atom is -0.497 e. The van der Waals surface area contributed by atoms with E-state index in [2.05, 4.69) is 5.32 Å². The first-order chi connectivity index (χ1) is 21.2. The quantitative estimate of drug-likeness (QED) is 0.253. The van der Waals surface area contributed by atoms with Crippen LogP contribution in [-0.4, -0.2) is 50.9 Å². The molecule has 1 aliphatic carbocycles. The molecule has 1 saturated carbocycles. The number of aryl methyl sites for hydroxylation is 2. The Hall–Kier alpha value is -3.85. The van der Waals surface area contributed by atoms with Crippen LogP contribution in [0.25, 0.3) is 0 Å². The Morgan fingerprint density at radius 1 is 0.955 bits per heavy atom. The summed E-state index contributed by atoms with van der Waals surface area (Å²) in [4.78, 5) is 29.8. The van der Waals surface area contributed by atoms with Gasteiger partial charge < -0.3 is 15.0 Å². The van der Waals surface area contributed by atoms with E-state index in [1.54, 1.807) is 43.5 Å². The maximum atomic E-state index is 14.4. The normalized spacial score (nSPS) is 14.5. The Morgan fingerprint density at radius 2 is 1.66 bits per heavy atom. The van der Waals surface area contributed by atoms with Crippen LogP contribution in [0.4, 0.5) is 5.69 Å².